The summed E-state index contributed by atoms with van der Waals surface area (Å²) in [5.41, 5.74) is 2.52. The van der Waals surface area contributed by atoms with Gasteiger partial charge in [-0.3, -0.25) is 9.59 Å². The van der Waals surface area contributed by atoms with Crippen LogP contribution in [0.4, 0.5) is 0 Å². The maximum atomic E-state index is 12.8. The standard InChI is InChI=1S/C21H23N3O3/c1-3-17-13-18(27-23-17)14-22-20(25)19-15(2)9-11-24(21(19)26)12-10-16-7-5-4-6-8-16/h4-9,11,13H,3,10,12,14H2,1-2H3,(H,22,25). The summed E-state index contributed by atoms with van der Waals surface area (Å²) in [6.45, 7) is 4.46. The highest BCUT2D eigenvalue weighted by atomic mass is 16.5. The van der Waals surface area contributed by atoms with E-state index >= 15 is 0 Å². The lowest BCUT2D eigenvalue weighted by atomic mass is 10.1. The highest BCUT2D eigenvalue weighted by Crippen LogP contribution is 2.07. The molecule has 140 valence electrons. The normalized spacial score (nSPS) is 10.7. The molecule has 27 heavy (non-hydrogen) atoms. The van der Waals surface area contributed by atoms with Crippen molar-refractivity contribution in [3.63, 3.8) is 0 Å². The van der Waals surface area contributed by atoms with Gasteiger partial charge in [-0.05, 0) is 37.0 Å². The van der Waals surface area contributed by atoms with E-state index in [1.807, 2.05) is 37.3 Å². The van der Waals surface area contributed by atoms with Crippen molar-refractivity contribution >= 4 is 5.91 Å². The second-order valence-corrected chi connectivity index (χ2v) is 6.43. The molecule has 0 atom stereocenters. The van der Waals surface area contributed by atoms with Crippen LogP contribution in [-0.2, 0) is 25.9 Å². The SMILES string of the molecule is CCc1cc(CNC(=O)c2c(C)ccn(CCc3ccccc3)c2=O)on1. The molecule has 0 radical (unpaired) electrons. The highest BCUT2D eigenvalue weighted by Gasteiger charge is 2.16. The fourth-order valence-corrected chi connectivity index (χ4v) is 2.87. The molecule has 6 heteroatoms. The number of carbonyl (C=O) groups excluding carboxylic acids is 1. The summed E-state index contributed by atoms with van der Waals surface area (Å²) in [6, 6.07) is 13.5. The summed E-state index contributed by atoms with van der Waals surface area (Å²) in [7, 11) is 0. The molecule has 1 amide bonds. The molecule has 0 aliphatic rings. The van der Waals surface area contributed by atoms with Crippen molar-refractivity contribution in [2.75, 3.05) is 0 Å². The Morgan fingerprint density at radius 3 is 2.70 bits per heavy atom. The van der Waals surface area contributed by atoms with E-state index in [0.717, 1.165) is 24.1 Å². The molecule has 1 N–H and O–H groups in total. The van der Waals surface area contributed by atoms with Crippen LogP contribution < -0.4 is 10.9 Å². The quantitative estimate of drug-likeness (QED) is 0.698. The highest BCUT2D eigenvalue weighted by molar-refractivity contribution is 5.95. The largest absolute Gasteiger partial charge is 0.359 e. The van der Waals surface area contributed by atoms with Crippen molar-refractivity contribution in [3.05, 3.63) is 87.2 Å². The third kappa shape index (κ3) is 4.53. The molecule has 0 spiro atoms. The summed E-state index contributed by atoms with van der Waals surface area (Å²) in [4.78, 5) is 25.4. The number of pyridine rings is 1. The fourth-order valence-electron chi connectivity index (χ4n) is 2.87. The number of carbonyl (C=O) groups is 1. The van der Waals surface area contributed by atoms with Crippen LogP contribution in [-0.4, -0.2) is 15.6 Å². The van der Waals surface area contributed by atoms with E-state index in [-0.39, 0.29) is 17.7 Å². The number of rotatable bonds is 7. The van der Waals surface area contributed by atoms with E-state index in [9.17, 15) is 9.59 Å². The van der Waals surface area contributed by atoms with Crippen LogP contribution in [0.2, 0.25) is 0 Å². The van der Waals surface area contributed by atoms with Crippen molar-refractivity contribution in [2.45, 2.75) is 39.8 Å². The van der Waals surface area contributed by atoms with Gasteiger partial charge in [0.1, 0.15) is 5.56 Å². The van der Waals surface area contributed by atoms with E-state index in [1.54, 1.807) is 29.8 Å². The van der Waals surface area contributed by atoms with Gasteiger partial charge >= 0.3 is 0 Å². The number of benzene rings is 1. The minimum absolute atomic E-state index is 0.167. The van der Waals surface area contributed by atoms with Crippen LogP contribution in [0.5, 0.6) is 0 Å². The molecule has 2 aromatic heterocycles. The van der Waals surface area contributed by atoms with Crippen molar-refractivity contribution < 1.29 is 9.32 Å². The van der Waals surface area contributed by atoms with Crippen molar-refractivity contribution in [1.82, 2.24) is 15.0 Å². The van der Waals surface area contributed by atoms with Gasteiger partial charge in [-0.2, -0.15) is 0 Å². The molecule has 0 fully saturated rings. The Morgan fingerprint density at radius 2 is 2.00 bits per heavy atom. The first-order valence-corrected chi connectivity index (χ1v) is 9.05. The summed E-state index contributed by atoms with van der Waals surface area (Å²) in [6.07, 6.45) is 3.23. The first-order valence-electron chi connectivity index (χ1n) is 9.05. The summed E-state index contributed by atoms with van der Waals surface area (Å²) < 4.78 is 6.75. The number of aryl methyl sites for hydroxylation is 4. The van der Waals surface area contributed by atoms with E-state index in [0.29, 0.717) is 17.9 Å². The molecule has 3 aromatic rings. The first kappa shape index (κ1) is 18.6. The summed E-state index contributed by atoms with van der Waals surface area (Å²) in [5, 5.41) is 6.64. The van der Waals surface area contributed by atoms with Gasteiger partial charge in [0.05, 0.1) is 12.2 Å². The monoisotopic (exact) mass is 365 g/mol. The zero-order valence-electron chi connectivity index (χ0n) is 15.6. The van der Waals surface area contributed by atoms with Crippen LogP contribution in [0, 0.1) is 6.92 Å². The number of hydrogen-bond donors (Lipinski definition) is 1. The maximum Gasteiger partial charge on any atom is 0.263 e. The molecular formula is C21H23N3O3. The molecule has 0 unspecified atom stereocenters. The van der Waals surface area contributed by atoms with E-state index in [2.05, 4.69) is 10.5 Å². The Bertz CT molecular complexity index is 974. The van der Waals surface area contributed by atoms with Crippen LogP contribution >= 0.6 is 0 Å². The van der Waals surface area contributed by atoms with E-state index < -0.39 is 5.91 Å². The van der Waals surface area contributed by atoms with Crippen LogP contribution in [0.15, 0.2) is 58.0 Å². The molecular weight excluding hydrogens is 342 g/mol. The van der Waals surface area contributed by atoms with E-state index in [4.69, 9.17) is 4.52 Å². The van der Waals surface area contributed by atoms with Crippen LogP contribution in [0.25, 0.3) is 0 Å². The fraction of sp³-hybridized carbons (Fsp3) is 0.286. The van der Waals surface area contributed by atoms with E-state index in [1.165, 1.54) is 0 Å². The first-order chi connectivity index (χ1) is 13.1. The average Bonchev–Trinajstić information content (AvgIpc) is 3.15. The van der Waals surface area contributed by atoms with Crippen LogP contribution in [0.1, 0.15) is 39.9 Å². The van der Waals surface area contributed by atoms with Crippen molar-refractivity contribution in [3.8, 4) is 0 Å². The summed E-state index contributed by atoms with van der Waals surface area (Å²) in [5.74, 6) is 0.166. The minimum Gasteiger partial charge on any atom is -0.359 e. The number of nitrogens with one attached hydrogen (secondary N) is 1. The Labute approximate surface area is 157 Å². The molecule has 6 nitrogen and oxygen atoms in total. The molecule has 0 bridgehead atoms. The number of hydrogen-bond acceptors (Lipinski definition) is 4. The number of amides is 1. The smallest absolute Gasteiger partial charge is 0.263 e. The van der Waals surface area contributed by atoms with Gasteiger partial charge in [0, 0.05) is 18.8 Å². The van der Waals surface area contributed by atoms with Gasteiger partial charge in [0.15, 0.2) is 5.76 Å². The minimum atomic E-state index is -0.402. The summed E-state index contributed by atoms with van der Waals surface area (Å²) >= 11 is 0. The Kier molecular flexibility index (Phi) is 5.86. The van der Waals surface area contributed by atoms with Crippen LogP contribution in [0.3, 0.4) is 0 Å². The second kappa shape index (κ2) is 8.49. The molecule has 1 aromatic carbocycles. The second-order valence-electron chi connectivity index (χ2n) is 6.43. The maximum absolute atomic E-state index is 12.8. The van der Waals surface area contributed by atoms with Gasteiger partial charge in [-0.15, -0.1) is 0 Å². The van der Waals surface area contributed by atoms with Gasteiger partial charge in [-0.25, -0.2) is 0 Å². The van der Waals surface area contributed by atoms with Gasteiger partial charge in [0.25, 0.3) is 11.5 Å². The Balaban J connectivity index is 1.72. The predicted octanol–water partition coefficient (Wildman–Crippen LogP) is 2.88. The third-order valence-electron chi connectivity index (χ3n) is 4.48. The van der Waals surface area contributed by atoms with Gasteiger partial charge in [-0.1, -0.05) is 42.4 Å². The van der Waals surface area contributed by atoms with Gasteiger partial charge < -0.3 is 14.4 Å². The lowest BCUT2D eigenvalue weighted by Gasteiger charge is -2.11. The molecule has 3 rings (SSSR count). The lowest BCUT2D eigenvalue weighted by molar-refractivity contribution is 0.0944. The molecule has 0 saturated carbocycles. The van der Waals surface area contributed by atoms with Crippen molar-refractivity contribution in [2.24, 2.45) is 0 Å². The Morgan fingerprint density at radius 1 is 1.22 bits per heavy atom. The van der Waals surface area contributed by atoms with Gasteiger partial charge in [0.2, 0.25) is 0 Å². The molecule has 0 aliphatic heterocycles. The topological polar surface area (TPSA) is 77.1 Å². The number of nitrogens with zero attached hydrogens (tertiary/aromatic N) is 2. The molecule has 0 saturated heterocycles. The number of aromatic nitrogens is 2. The lowest BCUT2D eigenvalue weighted by Crippen LogP contribution is -2.34. The zero-order chi connectivity index (χ0) is 19.2. The Hall–Kier alpha value is -3.15. The third-order valence-corrected chi connectivity index (χ3v) is 4.48. The average molecular weight is 365 g/mol. The molecule has 0 aliphatic carbocycles. The predicted molar refractivity (Wildman–Crippen MR) is 103 cm³/mol. The van der Waals surface area contributed by atoms with Crippen molar-refractivity contribution in [1.29, 1.82) is 0 Å². The molecule has 2 heterocycles. The zero-order valence-corrected chi connectivity index (χ0v) is 15.6.